The van der Waals surface area contributed by atoms with Gasteiger partial charge in [0.2, 0.25) is 0 Å². The molecule has 0 fully saturated rings. The Bertz CT molecular complexity index is 2440. The summed E-state index contributed by atoms with van der Waals surface area (Å²) in [5.74, 6) is 0. The summed E-state index contributed by atoms with van der Waals surface area (Å²) < 4.78 is 4.71. The monoisotopic (exact) mass is 534 g/mol. The lowest BCUT2D eigenvalue weighted by molar-refractivity contribution is 1.13. The van der Waals surface area contributed by atoms with Gasteiger partial charge in [-0.05, 0) is 93.3 Å². The third-order valence-corrected chi connectivity index (χ3v) is 8.70. The molecule has 0 saturated heterocycles. The molecule has 9 rings (SSSR count). The Hall–Kier alpha value is -5.60. The predicted octanol–water partition coefficient (Wildman–Crippen LogP) is 10.7. The van der Waals surface area contributed by atoms with Gasteiger partial charge in [0, 0.05) is 33.7 Å². The van der Waals surface area contributed by atoms with Crippen LogP contribution in [0.2, 0.25) is 0 Å². The molecule has 0 unspecified atom stereocenters. The summed E-state index contributed by atoms with van der Waals surface area (Å²) in [6.45, 7) is 0. The number of benzene rings is 7. The predicted molar refractivity (Wildman–Crippen MR) is 178 cm³/mol. The highest BCUT2D eigenvalue weighted by Gasteiger charge is 2.16. The molecular weight excluding hydrogens is 508 g/mol. The molecule has 0 saturated carbocycles. The molecule has 0 amide bonds. The van der Waals surface area contributed by atoms with Crippen molar-refractivity contribution in [3.8, 4) is 22.5 Å². The first-order chi connectivity index (χ1) is 20.8. The maximum absolute atomic E-state index is 2.41. The Balaban J connectivity index is 1.16. The Morgan fingerprint density at radius 3 is 1.88 bits per heavy atom. The van der Waals surface area contributed by atoms with Crippen LogP contribution < -0.4 is 0 Å². The van der Waals surface area contributed by atoms with Crippen molar-refractivity contribution in [3.05, 3.63) is 158 Å². The zero-order chi connectivity index (χ0) is 27.6. The minimum atomic E-state index is 1.15. The van der Waals surface area contributed by atoms with Crippen molar-refractivity contribution in [2.75, 3.05) is 0 Å². The Kier molecular flexibility index (Phi) is 4.93. The average molecular weight is 535 g/mol. The SMILES string of the molecule is c1ccc(-n2c3ccccc3c3ccc4c(ccn4-c4ccc(-c5ccc6cc7ccccc7cc6c5)cc4)c32)cc1. The molecule has 2 nitrogen and oxygen atoms in total. The van der Waals surface area contributed by atoms with Crippen molar-refractivity contribution in [1.29, 1.82) is 0 Å². The van der Waals surface area contributed by atoms with E-state index in [0.29, 0.717) is 0 Å². The fraction of sp³-hybridized carbons (Fsp3) is 0. The maximum Gasteiger partial charge on any atom is 0.0635 e. The number of rotatable bonds is 3. The van der Waals surface area contributed by atoms with E-state index in [1.807, 2.05) is 0 Å². The summed E-state index contributed by atoms with van der Waals surface area (Å²) in [6.07, 6.45) is 2.20. The molecule has 0 spiro atoms. The van der Waals surface area contributed by atoms with E-state index in [-0.39, 0.29) is 0 Å². The number of nitrogens with zero attached hydrogens (tertiary/aromatic N) is 2. The van der Waals surface area contributed by atoms with E-state index in [1.54, 1.807) is 0 Å². The fourth-order valence-corrected chi connectivity index (χ4v) is 6.68. The van der Waals surface area contributed by atoms with Crippen molar-refractivity contribution in [2.24, 2.45) is 0 Å². The Morgan fingerprint density at radius 1 is 0.357 bits per heavy atom. The Morgan fingerprint density at radius 2 is 1.05 bits per heavy atom. The minimum Gasteiger partial charge on any atom is -0.316 e. The molecule has 196 valence electrons. The molecule has 0 aliphatic carbocycles. The zero-order valence-electron chi connectivity index (χ0n) is 22.9. The van der Waals surface area contributed by atoms with Crippen LogP contribution in [-0.4, -0.2) is 9.13 Å². The summed E-state index contributed by atoms with van der Waals surface area (Å²) in [7, 11) is 0. The highest BCUT2D eigenvalue weighted by molar-refractivity contribution is 6.18. The first-order valence-corrected chi connectivity index (χ1v) is 14.4. The van der Waals surface area contributed by atoms with E-state index in [2.05, 4.69) is 167 Å². The highest BCUT2D eigenvalue weighted by atomic mass is 15.0. The second-order valence-electron chi connectivity index (χ2n) is 11.1. The van der Waals surface area contributed by atoms with Crippen LogP contribution in [-0.2, 0) is 0 Å². The summed E-state index contributed by atoms with van der Waals surface area (Å²) in [5.41, 5.74) is 8.46. The van der Waals surface area contributed by atoms with Gasteiger partial charge in [-0.3, -0.25) is 0 Å². The van der Waals surface area contributed by atoms with Crippen molar-refractivity contribution < 1.29 is 0 Å². The summed E-state index contributed by atoms with van der Waals surface area (Å²) in [5, 5.41) is 8.90. The third kappa shape index (κ3) is 3.45. The van der Waals surface area contributed by atoms with Gasteiger partial charge < -0.3 is 9.13 Å². The molecule has 2 heteroatoms. The number of hydrogen-bond donors (Lipinski definition) is 0. The highest BCUT2D eigenvalue weighted by Crippen LogP contribution is 2.38. The van der Waals surface area contributed by atoms with Gasteiger partial charge in [0.25, 0.3) is 0 Å². The summed E-state index contributed by atoms with van der Waals surface area (Å²) in [6, 6.07) is 55.1. The zero-order valence-corrected chi connectivity index (χ0v) is 22.9. The van der Waals surface area contributed by atoms with Crippen molar-refractivity contribution in [2.45, 2.75) is 0 Å². The van der Waals surface area contributed by atoms with Crippen molar-refractivity contribution in [1.82, 2.24) is 9.13 Å². The number of para-hydroxylation sites is 2. The molecular formula is C40H26N2. The van der Waals surface area contributed by atoms with Crippen LogP contribution in [0.4, 0.5) is 0 Å². The lowest BCUT2D eigenvalue weighted by Gasteiger charge is -2.10. The fourth-order valence-electron chi connectivity index (χ4n) is 6.68. The molecule has 0 atom stereocenters. The van der Waals surface area contributed by atoms with Gasteiger partial charge in [-0.15, -0.1) is 0 Å². The van der Waals surface area contributed by atoms with Gasteiger partial charge in [-0.2, -0.15) is 0 Å². The molecule has 0 bridgehead atoms. The summed E-state index contributed by atoms with van der Waals surface area (Å²) in [4.78, 5) is 0. The van der Waals surface area contributed by atoms with E-state index < -0.39 is 0 Å². The first-order valence-electron chi connectivity index (χ1n) is 14.4. The maximum atomic E-state index is 2.41. The third-order valence-electron chi connectivity index (χ3n) is 8.70. The van der Waals surface area contributed by atoms with E-state index in [4.69, 9.17) is 0 Å². The Labute approximate surface area is 243 Å². The second-order valence-corrected chi connectivity index (χ2v) is 11.1. The second kappa shape index (κ2) is 8.95. The molecule has 7 aromatic carbocycles. The van der Waals surface area contributed by atoms with Gasteiger partial charge in [-0.25, -0.2) is 0 Å². The van der Waals surface area contributed by atoms with Gasteiger partial charge >= 0.3 is 0 Å². The van der Waals surface area contributed by atoms with Crippen LogP contribution in [0, 0.1) is 0 Å². The molecule has 42 heavy (non-hydrogen) atoms. The van der Waals surface area contributed by atoms with Gasteiger partial charge in [0.1, 0.15) is 0 Å². The molecule has 2 heterocycles. The van der Waals surface area contributed by atoms with Crippen LogP contribution >= 0.6 is 0 Å². The van der Waals surface area contributed by atoms with Crippen LogP contribution in [0.15, 0.2) is 158 Å². The van der Waals surface area contributed by atoms with Crippen LogP contribution in [0.1, 0.15) is 0 Å². The molecule has 0 radical (unpaired) electrons. The van der Waals surface area contributed by atoms with E-state index in [0.717, 1.165) is 5.69 Å². The minimum absolute atomic E-state index is 1.15. The number of fused-ring (bicyclic) bond motifs is 7. The van der Waals surface area contributed by atoms with Gasteiger partial charge in [0.05, 0.1) is 16.6 Å². The largest absolute Gasteiger partial charge is 0.316 e. The van der Waals surface area contributed by atoms with E-state index in [9.17, 15) is 0 Å². The van der Waals surface area contributed by atoms with E-state index >= 15 is 0 Å². The normalized spacial score (nSPS) is 11.8. The van der Waals surface area contributed by atoms with Crippen molar-refractivity contribution >= 4 is 54.3 Å². The quantitative estimate of drug-likeness (QED) is 0.200. The molecule has 9 aromatic rings. The number of hydrogen-bond acceptors (Lipinski definition) is 0. The smallest absolute Gasteiger partial charge is 0.0635 e. The van der Waals surface area contributed by atoms with E-state index in [1.165, 1.54) is 71.1 Å². The van der Waals surface area contributed by atoms with Crippen LogP contribution in [0.25, 0.3) is 76.8 Å². The number of aromatic nitrogens is 2. The van der Waals surface area contributed by atoms with Crippen LogP contribution in [0.5, 0.6) is 0 Å². The van der Waals surface area contributed by atoms with Crippen LogP contribution in [0.3, 0.4) is 0 Å². The topological polar surface area (TPSA) is 9.86 Å². The van der Waals surface area contributed by atoms with Gasteiger partial charge in [0.15, 0.2) is 0 Å². The summed E-state index contributed by atoms with van der Waals surface area (Å²) >= 11 is 0. The average Bonchev–Trinajstić information content (AvgIpc) is 3.63. The lowest BCUT2D eigenvalue weighted by atomic mass is 9.98. The molecule has 2 aromatic heterocycles. The first kappa shape index (κ1) is 23.1. The van der Waals surface area contributed by atoms with Crippen molar-refractivity contribution in [3.63, 3.8) is 0 Å². The molecule has 0 aliphatic heterocycles. The lowest BCUT2D eigenvalue weighted by Crippen LogP contribution is -1.94. The molecule has 0 N–H and O–H groups in total. The standard InChI is InChI=1S/C40H26N2/c1-2-10-34(11-3-1)42-39-13-7-6-12-35(39)36-20-21-38-37(40(36)42)22-23-41(38)33-18-16-27(17-19-33)30-14-15-31-24-28-8-4-5-9-29(28)25-32(31)26-30/h1-26H. The van der Waals surface area contributed by atoms with Gasteiger partial charge in [-0.1, -0.05) is 91.0 Å². The molecule has 0 aliphatic rings.